The van der Waals surface area contributed by atoms with Gasteiger partial charge in [0.2, 0.25) is 0 Å². The van der Waals surface area contributed by atoms with Crippen molar-refractivity contribution in [3.63, 3.8) is 0 Å². The second-order valence-corrected chi connectivity index (χ2v) is 8.12. The highest BCUT2D eigenvalue weighted by Gasteiger charge is 2.12. The molecule has 0 unspecified atom stereocenters. The van der Waals surface area contributed by atoms with Crippen molar-refractivity contribution in [2.24, 2.45) is 7.05 Å². The van der Waals surface area contributed by atoms with Crippen molar-refractivity contribution < 1.29 is 0 Å². The summed E-state index contributed by atoms with van der Waals surface area (Å²) in [5, 5.41) is 7.70. The van der Waals surface area contributed by atoms with Gasteiger partial charge < -0.3 is 15.2 Å². The number of nitrogens with one attached hydrogen (secondary N) is 2. The van der Waals surface area contributed by atoms with E-state index >= 15 is 0 Å². The molecule has 0 aliphatic carbocycles. The number of benzene rings is 2. The molecule has 4 nitrogen and oxygen atoms in total. The predicted octanol–water partition coefficient (Wildman–Crippen LogP) is 5.70. The van der Waals surface area contributed by atoms with E-state index in [0.29, 0.717) is 5.69 Å². The Morgan fingerprint density at radius 3 is 2.62 bits per heavy atom. The first-order valence-corrected chi connectivity index (χ1v) is 10.2. The summed E-state index contributed by atoms with van der Waals surface area (Å²) in [6, 6.07) is 18.6. The molecule has 0 aliphatic heterocycles. The maximum atomic E-state index is 12.2. The highest BCUT2D eigenvalue weighted by atomic mass is 32.1. The van der Waals surface area contributed by atoms with Gasteiger partial charge in [0.05, 0.1) is 4.88 Å². The van der Waals surface area contributed by atoms with Gasteiger partial charge in [0.25, 0.3) is 5.56 Å². The van der Waals surface area contributed by atoms with Crippen LogP contribution in [0.3, 0.4) is 0 Å². The molecule has 0 saturated carbocycles. The number of fused-ring (bicyclic) bond motifs is 1. The molecule has 2 aromatic heterocycles. The molecule has 2 heterocycles. The molecule has 0 spiro atoms. The van der Waals surface area contributed by atoms with Gasteiger partial charge in [-0.3, -0.25) is 4.79 Å². The van der Waals surface area contributed by atoms with E-state index < -0.39 is 0 Å². The van der Waals surface area contributed by atoms with Crippen LogP contribution in [-0.2, 0) is 7.05 Å². The van der Waals surface area contributed by atoms with Gasteiger partial charge in [0, 0.05) is 41.9 Å². The van der Waals surface area contributed by atoms with E-state index in [1.165, 1.54) is 10.1 Å². The van der Waals surface area contributed by atoms with Crippen LogP contribution in [0.4, 0.5) is 11.4 Å². The molecule has 0 atom stereocenters. The molecule has 5 heteroatoms. The lowest BCUT2D eigenvalue weighted by Crippen LogP contribution is -2.19. The van der Waals surface area contributed by atoms with Gasteiger partial charge in [-0.15, -0.1) is 11.3 Å². The smallest absolute Gasteiger partial charge is 0.273 e. The predicted molar refractivity (Wildman–Crippen MR) is 126 cm³/mol. The number of hydrogen-bond acceptors (Lipinski definition) is 4. The molecular formula is C24H23N3OS. The van der Waals surface area contributed by atoms with Crippen molar-refractivity contribution in [3.8, 4) is 11.1 Å². The molecule has 146 valence electrons. The van der Waals surface area contributed by atoms with E-state index in [1.807, 2.05) is 18.3 Å². The fraction of sp³-hybridized carbons (Fsp3) is 0.125. The normalized spacial score (nSPS) is 10.9. The van der Waals surface area contributed by atoms with Crippen molar-refractivity contribution in [3.05, 3.63) is 88.2 Å². The fourth-order valence-corrected chi connectivity index (χ4v) is 4.47. The highest BCUT2D eigenvalue weighted by Crippen LogP contribution is 2.33. The third-order valence-electron chi connectivity index (χ3n) is 5.11. The third kappa shape index (κ3) is 3.57. The maximum absolute atomic E-state index is 12.2. The molecule has 0 fully saturated rings. The van der Waals surface area contributed by atoms with Crippen LogP contribution in [0.15, 0.2) is 72.2 Å². The molecule has 2 N–H and O–H groups in total. The Bertz CT molecular complexity index is 1250. The first kappa shape index (κ1) is 19.0. The first-order chi connectivity index (χ1) is 14.0. The van der Waals surface area contributed by atoms with Crippen LogP contribution in [-0.4, -0.2) is 11.6 Å². The van der Waals surface area contributed by atoms with Gasteiger partial charge in [-0.1, -0.05) is 36.9 Å². The number of rotatable bonds is 5. The minimum atomic E-state index is -0.0404. The van der Waals surface area contributed by atoms with Crippen molar-refractivity contribution in [1.82, 2.24) is 4.57 Å². The molecule has 4 aromatic rings. The van der Waals surface area contributed by atoms with Crippen LogP contribution in [0, 0.1) is 6.92 Å². The lowest BCUT2D eigenvalue weighted by atomic mass is 10.00. The zero-order valence-corrected chi connectivity index (χ0v) is 17.6. The van der Waals surface area contributed by atoms with Gasteiger partial charge in [0.1, 0.15) is 5.69 Å². The summed E-state index contributed by atoms with van der Waals surface area (Å²) >= 11 is 1.73. The van der Waals surface area contributed by atoms with Crippen molar-refractivity contribution in [2.45, 2.75) is 6.92 Å². The average Bonchev–Trinajstić information content (AvgIpc) is 3.16. The van der Waals surface area contributed by atoms with Crippen LogP contribution in [0.5, 0.6) is 0 Å². The number of aryl methyl sites for hydroxylation is 1. The monoisotopic (exact) mass is 401 g/mol. The van der Waals surface area contributed by atoms with Crippen molar-refractivity contribution >= 4 is 38.5 Å². The lowest BCUT2D eigenvalue weighted by molar-refractivity contribution is 0.864. The number of pyridine rings is 1. The lowest BCUT2D eigenvalue weighted by Gasteiger charge is -2.16. The zero-order chi connectivity index (χ0) is 20.5. The minimum Gasteiger partial charge on any atom is -0.384 e. The van der Waals surface area contributed by atoms with E-state index in [-0.39, 0.29) is 5.56 Å². The summed E-state index contributed by atoms with van der Waals surface area (Å²) in [6.07, 6.45) is 1.87. The molecule has 0 aliphatic rings. The second-order valence-electron chi connectivity index (χ2n) is 7.04. The van der Waals surface area contributed by atoms with E-state index in [9.17, 15) is 4.79 Å². The summed E-state index contributed by atoms with van der Waals surface area (Å²) in [6.45, 7) is 6.34. The maximum Gasteiger partial charge on any atom is 0.273 e. The average molecular weight is 402 g/mol. The molecule has 0 amide bonds. The van der Waals surface area contributed by atoms with Gasteiger partial charge in [-0.25, -0.2) is 0 Å². The molecule has 0 saturated heterocycles. The van der Waals surface area contributed by atoms with Gasteiger partial charge in [-0.2, -0.15) is 0 Å². The molecular weight excluding hydrogens is 378 g/mol. The van der Waals surface area contributed by atoms with E-state index in [4.69, 9.17) is 0 Å². The highest BCUT2D eigenvalue weighted by molar-refractivity contribution is 7.20. The summed E-state index contributed by atoms with van der Waals surface area (Å²) < 4.78 is 2.86. The zero-order valence-electron chi connectivity index (χ0n) is 16.7. The second kappa shape index (κ2) is 7.60. The van der Waals surface area contributed by atoms with Crippen LogP contribution in [0.25, 0.3) is 26.9 Å². The van der Waals surface area contributed by atoms with Gasteiger partial charge in [-0.05, 0) is 47.7 Å². The number of nitrogens with zero attached hydrogens (tertiary/aromatic N) is 1. The third-order valence-corrected chi connectivity index (χ3v) is 6.28. The summed E-state index contributed by atoms with van der Waals surface area (Å²) in [4.78, 5) is 13.3. The number of aromatic nitrogens is 1. The molecule has 0 radical (unpaired) electrons. The van der Waals surface area contributed by atoms with E-state index in [1.54, 1.807) is 30.0 Å². The molecule has 0 bridgehead atoms. The Balaban J connectivity index is 1.69. The van der Waals surface area contributed by atoms with Gasteiger partial charge >= 0.3 is 0 Å². The fourth-order valence-electron chi connectivity index (χ4n) is 3.48. The Morgan fingerprint density at radius 2 is 1.86 bits per heavy atom. The summed E-state index contributed by atoms with van der Waals surface area (Å²) in [5.41, 5.74) is 5.60. The van der Waals surface area contributed by atoms with E-state index in [0.717, 1.165) is 33.0 Å². The van der Waals surface area contributed by atoms with Crippen LogP contribution < -0.4 is 16.2 Å². The minimum absolute atomic E-state index is 0.0404. The molecule has 2 aromatic carbocycles. The largest absolute Gasteiger partial charge is 0.384 e. The Hall–Kier alpha value is -3.31. The summed E-state index contributed by atoms with van der Waals surface area (Å²) in [5.74, 6) is 0. The van der Waals surface area contributed by atoms with Crippen LogP contribution in [0.2, 0.25) is 0 Å². The number of hydrogen-bond donors (Lipinski definition) is 2. The SMILES string of the molecule is C=C(Nc1cccc(-c2cc(NC)c(=O)n(C)c2)c1C)c1cc2ccccc2s1. The van der Waals surface area contributed by atoms with E-state index in [2.05, 4.69) is 66.6 Å². The Kier molecular flexibility index (Phi) is 4.99. The standard InChI is InChI=1S/C24H23N3OS/c1-15-19(18-12-21(25-3)24(28)27(4)14-18)9-7-10-20(15)26-16(2)23-13-17-8-5-6-11-22(17)29-23/h5-14,25-26H,2H2,1,3-4H3. The quantitative estimate of drug-likeness (QED) is 0.451. The summed E-state index contributed by atoms with van der Waals surface area (Å²) in [7, 11) is 3.54. The van der Waals surface area contributed by atoms with Crippen LogP contribution in [0.1, 0.15) is 10.4 Å². The Morgan fingerprint density at radius 1 is 1.07 bits per heavy atom. The number of anilines is 2. The number of thiophene rings is 1. The van der Waals surface area contributed by atoms with Crippen molar-refractivity contribution in [2.75, 3.05) is 17.7 Å². The molecule has 29 heavy (non-hydrogen) atoms. The van der Waals surface area contributed by atoms with Gasteiger partial charge in [0.15, 0.2) is 0 Å². The van der Waals surface area contributed by atoms with Crippen molar-refractivity contribution in [1.29, 1.82) is 0 Å². The van der Waals surface area contributed by atoms with Crippen LogP contribution >= 0.6 is 11.3 Å². The Labute approximate surface area is 174 Å². The topological polar surface area (TPSA) is 46.1 Å². The molecule has 4 rings (SSSR count). The first-order valence-electron chi connectivity index (χ1n) is 9.41.